The Balaban J connectivity index is 2.31. The number of hydrogen-bond acceptors (Lipinski definition) is 3. The van der Waals surface area contributed by atoms with Crippen molar-refractivity contribution in [2.24, 2.45) is 0 Å². The van der Waals surface area contributed by atoms with E-state index in [1.165, 1.54) is 17.1 Å². The van der Waals surface area contributed by atoms with Crippen LogP contribution in [0.15, 0.2) is 16.8 Å². The van der Waals surface area contributed by atoms with Crippen LogP contribution >= 0.6 is 23.1 Å². The zero-order valence-electron chi connectivity index (χ0n) is 8.25. The molecule has 1 rings (SSSR count). The van der Waals surface area contributed by atoms with E-state index in [9.17, 15) is 0 Å². The highest BCUT2D eigenvalue weighted by Gasteiger charge is 2.06. The van der Waals surface area contributed by atoms with E-state index >= 15 is 0 Å². The molecule has 0 aromatic carbocycles. The van der Waals surface area contributed by atoms with E-state index in [0.717, 1.165) is 6.42 Å². The molecule has 0 radical (unpaired) electrons. The molecule has 13 heavy (non-hydrogen) atoms. The third kappa shape index (κ3) is 4.16. The van der Waals surface area contributed by atoms with Gasteiger partial charge in [-0.3, -0.25) is 0 Å². The highest BCUT2D eigenvalue weighted by atomic mass is 32.2. The average molecular weight is 215 g/mol. The molecule has 74 valence electrons. The summed E-state index contributed by atoms with van der Waals surface area (Å²) in [5, 5.41) is 7.74. The Morgan fingerprint density at radius 1 is 1.62 bits per heavy atom. The fourth-order valence-corrected chi connectivity index (χ4v) is 2.68. The number of hydrogen-bond donors (Lipinski definition) is 1. The van der Waals surface area contributed by atoms with Crippen molar-refractivity contribution in [3.8, 4) is 0 Å². The normalized spacial score (nSPS) is 13.1. The van der Waals surface area contributed by atoms with Gasteiger partial charge in [0, 0.05) is 11.8 Å². The van der Waals surface area contributed by atoms with Gasteiger partial charge in [-0.15, -0.1) is 0 Å². The summed E-state index contributed by atoms with van der Waals surface area (Å²) < 4.78 is 0. The molecule has 0 saturated heterocycles. The van der Waals surface area contributed by atoms with Crippen LogP contribution in [0.2, 0.25) is 0 Å². The topological polar surface area (TPSA) is 12.0 Å². The second-order valence-electron chi connectivity index (χ2n) is 2.98. The summed E-state index contributed by atoms with van der Waals surface area (Å²) in [6.45, 7) is 2.21. The summed E-state index contributed by atoms with van der Waals surface area (Å²) in [6.07, 6.45) is 1.16. The average Bonchev–Trinajstić information content (AvgIpc) is 2.64. The smallest absolute Gasteiger partial charge is 0.0195 e. The van der Waals surface area contributed by atoms with Crippen LogP contribution < -0.4 is 5.32 Å². The molecule has 0 aliphatic heterocycles. The molecule has 3 heteroatoms. The van der Waals surface area contributed by atoms with Crippen LogP contribution in [0.4, 0.5) is 0 Å². The summed E-state index contributed by atoms with van der Waals surface area (Å²) in [7, 11) is 2.05. The number of nitrogens with one attached hydrogen (secondary N) is 1. The van der Waals surface area contributed by atoms with Crippen LogP contribution in [0.25, 0.3) is 0 Å². The van der Waals surface area contributed by atoms with Crippen molar-refractivity contribution in [2.45, 2.75) is 19.4 Å². The first kappa shape index (κ1) is 11.1. The fraction of sp³-hybridized carbons (Fsp3) is 0.600. The summed E-state index contributed by atoms with van der Waals surface area (Å²) in [5.74, 6) is 2.42. The predicted octanol–water partition coefficient (Wildman–Crippen LogP) is 2.63. The van der Waals surface area contributed by atoms with Crippen molar-refractivity contribution in [1.82, 2.24) is 5.32 Å². The zero-order chi connectivity index (χ0) is 9.52. The maximum absolute atomic E-state index is 3.36. The van der Waals surface area contributed by atoms with Gasteiger partial charge in [-0.05, 0) is 41.6 Å². The van der Waals surface area contributed by atoms with Crippen LogP contribution in [0, 0.1) is 0 Å². The first-order chi connectivity index (χ1) is 6.36. The molecule has 0 bridgehead atoms. The number of thiophene rings is 1. The van der Waals surface area contributed by atoms with Gasteiger partial charge in [0.2, 0.25) is 0 Å². The molecule has 0 amide bonds. The molecule has 0 saturated carbocycles. The van der Waals surface area contributed by atoms with Crippen molar-refractivity contribution in [3.63, 3.8) is 0 Å². The zero-order valence-corrected chi connectivity index (χ0v) is 9.88. The molecule has 1 N–H and O–H groups in total. The van der Waals surface area contributed by atoms with E-state index in [0.29, 0.717) is 6.04 Å². The van der Waals surface area contributed by atoms with Crippen LogP contribution in [-0.2, 0) is 6.42 Å². The predicted molar refractivity (Wildman–Crippen MR) is 63.9 cm³/mol. The van der Waals surface area contributed by atoms with Gasteiger partial charge in [-0.25, -0.2) is 0 Å². The van der Waals surface area contributed by atoms with Crippen LogP contribution in [-0.4, -0.2) is 24.6 Å². The standard InChI is InChI=1S/C10H17NS2/c1-3-12-8-10(11-2)6-9-4-5-13-7-9/h4-5,7,10-11H,3,6,8H2,1-2H3. The lowest BCUT2D eigenvalue weighted by Crippen LogP contribution is -2.29. The first-order valence-corrected chi connectivity index (χ1v) is 6.72. The quantitative estimate of drug-likeness (QED) is 0.783. The molecule has 0 aliphatic rings. The summed E-state index contributed by atoms with van der Waals surface area (Å²) in [5.41, 5.74) is 1.46. The lowest BCUT2D eigenvalue weighted by Gasteiger charge is -2.14. The maximum atomic E-state index is 3.36. The Morgan fingerprint density at radius 3 is 3.00 bits per heavy atom. The Morgan fingerprint density at radius 2 is 2.46 bits per heavy atom. The Bertz CT molecular complexity index is 209. The van der Waals surface area contributed by atoms with Crippen molar-refractivity contribution in [2.75, 3.05) is 18.6 Å². The maximum Gasteiger partial charge on any atom is 0.0195 e. The molecular weight excluding hydrogens is 198 g/mol. The van der Waals surface area contributed by atoms with Crippen molar-refractivity contribution in [3.05, 3.63) is 22.4 Å². The third-order valence-corrected chi connectivity index (χ3v) is 3.77. The largest absolute Gasteiger partial charge is 0.316 e. The van der Waals surface area contributed by atoms with E-state index in [4.69, 9.17) is 0 Å². The van der Waals surface area contributed by atoms with Crippen molar-refractivity contribution < 1.29 is 0 Å². The van der Waals surface area contributed by atoms with Gasteiger partial charge in [0.1, 0.15) is 0 Å². The van der Waals surface area contributed by atoms with Crippen LogP contribution in [0.5, 0.6) is 0 Å². The van der Waals surface area contributed by atoms with E-state index in [1.807, 2.05) is 18.8 Å². The third-order valence-electron chi connectivity index (χ3n) is 1.99. The molecule has 0 spiro atoms. The minimum absolute atomic E-state index is 0.625. The van der Waals surface area contributed by atoms with E-state index in [-0.39, 0.29) is 0 Å². The van der Waals surface area contributed by atoms with Gasteiger partial charge >= 0.3 is 0 Å². The fourth-order valence-electron chi connectivity index (χ4n) is 1.20. The first-order valence-electron chi connectivity index (χ1n) is 4.63. The second-order valence-corrected chi connectivity index (χ2v) is 5.08. The minimum atomic E-state index is 0.625. The van der Waals surface area contributed by atoms with Gasteiger partial charge in [-0.2, -0.15) is 23.1 Å². The molecule has 1 heterocycles. The van der Waals surface area contributed by atoms with Crippen LogP contribution in [0.3, 0.4) is 0 Å². The number of likely N-dealkylation sites (N-methyl/N-ethyl adjacent to an activating group) is 1. The molecule has 1 aromatic rings. The molecule has 0 fully saturated rings. The van der Waals surface area contributed by atoms with E-state index < -0.39 is 0 Å². The van der Waals surface area contributed by atoms with E-state index in [1.54, 1.807) is 11.3 Å². The molecular formula is C10H17NS2. The molecule has 1 aromatic heterocycles. The van der Waals surface area contributed by atoms with Crippen molar-refractivity contribution in [1.29, 1.82) is 0 Å². The monoisotopic (exact) mass is 215 g/mol. The Kier molecular flexibility index (Phi) is 5.51. The van der Waals surface area contributed by atoms with Crippen LogP contribution in [0.1, 0.15) is 12.5 Å². The Hall–Kier alpha value is 0.01000. The van der Waals surface area contributed by atoms with Gasteiger partial charge in [-0.1, -0.05) is 6.92 Å². The number of rotatable bonds is 6. The molecule has 1 unspecified atom stereocenters. The number of thioether (sulfide) groups is 1. The summed E-state index contributed by atoms with van der Waals surface area (Å²) in [6, 6.07) is 2.84. The molecule has 0 aliphatic carbocycles. The van der Waals surface area contributed by atoms with Crippen molar-refractivity contribution >= 4 is 23.1 Å². The van der Waals surface area contributed by atoms with Gasteiger partial charge < -0.3 is 5.32 Å². The minimum Gasteiger partial charge on any atom is -0.316 e. The van der Waals surface area contributed by atoms with Gasteiger partial charge in [0.15, 0.2) is 0 Å². The highest BCUT2D eigenvalue weighted by molar-refractivity contribution is 7.99. The SMILES string of the molecule is CCSCC(Cc1ccsc1)NC. The molecule has 1 nitrogen and oxygen atoms in total. The summed E-state index contributed by atoms with van der Waals surface area (Å²) in [4.78, 5) is 0. The van der Waals surface area contributed by atoms with E-state index in [2.05, 4.69) is 29.1 Å². The van der Waals surface area contributed by atoms with Gasteiger partial charge in [0.05, 0.1) is 0 Å². The Labute approximate surface area is 88.9 Å². The highest BCUT2D eigenvalue weighted by Crippen LogP contribution is 2.11. The summed E-state index contributed by atoms with van der Waals surface area (Å²) >= 11 is 3.78. The molecule has 1 atom stereocenters. The second kappa shape index (κ2) is 6.46. The lowest BCUT2D eigenvalue weighted by atomic mass is 10.1. The lowest BCUT2D eigenvalue weighted by molar-refractivity contribution is 0.618. The van der Waals surface area contributed by atoms with Gasteiger partial charge in [0.25, 0.3) is 0 Å².